The topological polar surface area (TPSA) is 286 Å². The number of anilines is 2. The van der Waals surface area contributed by atoms with Gasteiger partial charge in [0.2, 0.25) is 0 Å². The minimum atomic E-state index is -5.23. The van der Waals surface area contributed by atoms with Crippen molar-refractivity contribution >= 4 is 87.9 Å². The third-order valence-corrected chi connectivity index (χ3v) is 9.25. The predicted octanol–water partition coefficient (Wildman–Crippen LogP) is -2.94. The van der Waals surface area contributed by atoms with Crippen LogP contribution in [0.2, 0.25) is 0 Å². The number of aromatic carboxylic acids is 1. The number of nitrogens with one attached hydrogen (secondary N) is 2. The largest absolute Gasteiger partial charge is 1.00 e. The normalized spacial score (nSPS) is 11.5. The number of hydrogen-bond donors (Lipinski definition) is 4. The van der Waals surface area contributed by atoms with E-state index in [0.29, 0.717) is 5.69 Å². The molecule has 6 rings (SSSR count). The number of benzene rings is 6. The van der Waals surface area contributed by atoms with Gasteiger partial charge in [0.05, 0.1) is 27.1 Å². The van der Waals surface area contributed by atoms with Gasteiger partial charge in [-0.2, -0.15) is 10.2 Å². The summed E-state index contributed by atoms with van der Waals surface area (Å²) in [5.41, 5.74) is -0.798. The van der Waals surface area contributed by atoms with Crippen molar-refractivity contribution < 1.29 is 140 Å². The van der Waals surface area contributed by atoms with E-state index in [9.17, 15) is 50.8 Å². The molecule has 0 aliphatic rings. The van der Waals surface area contributed by atoms with E-state index in [2.05, 4.69) is 31.1 Å². The summed E-state index contributed by atoms with van der Waals surface area (Å²) in [6.07, 6.45) is 0. The molecule has 0 bridgehead atoms. The van der Waals surface area contributed by atoms with E-state index < -0.39 is 64.9 Å². The van der Waals surface area contributed by atoms with Crippen molar-refractivity contribution in [2.24, 2.45) is 20.5 Å². The van der Waals surface area contributed by atoms with Crippen LogP contribution in [0.5, 0.6) is 11.5 Å². The first kappa shape index (κ1) is 46.6. The monoisotopic (exact) mass is 822 g/mol. The zero-order valence-electron chi connectivity index (χ0n) is 29.5. The molecule has 22 heteroatoms. The van der Waals surface area contributed by atoms with Crippen LogP contribution in [0.25, 0.3) is 21.5 Å². The second-order valence-electron chi connectivity index (χ2n) is 11.1. The second kappa shape index (κ2) is 19.1. The molecule has 0 atom stereocenters. The Morgan fingerprint density at radius 1 is 0.554 bits per heavy atom. The molecule has 0 aliphatic carbocycles. The van der Waals surface area contributed by atoms with E-state index in [1.165, 1.54) is 60.7 Å². The number of phenols is 2. The number of phenolic OH excluding ortho intramolecular Hbond substituents is 2. The van der Waals surface area contributed by atoms with Crippen LogP contribution < -0.4 is 104 Å². The molecule has 0 radical (unpaired) electrons. The summed E-state index contributed by atoms with van der Waals surface area (Å²) in [4.78, 5) is 22.1. The van der Waals surface area contributed by atoms with E-state index in [-0.39, 0.29) is 133 Å². The van der Waals surface area contributed by atoms with Gasteiger partial charge in [-0.05, 0) is 89.1 Å². The van der Waals surface area contributed by atoms with E-state index in [4.69, 9.17) is 0 Å². The molecule has 56 heavy (non-hydrogen) atoms. The third-order valence-electron chi connectivity index (χ3n) is 7.55. The maximum Gasteiger partial charge on any atom is 1.00 e. The van der Waals surface area contributed by atoms with Gasteiger partial charge in [-0.1, -0.05) is 30.3 Å². The zero-order chi connectivity index (χ0) is 38.1. The van der Waals surface area contributed by atoms with Crippen molar-refractivity contribution in [3.63, 3.8) is 0 Å². The number of hydrogen-bond acceptors (Lipinski definition) is 15. The number of amides is 2. The number of rotatable bonds is 9. The Hall–Kier alpha value is -3.80. The van der Waals surface area contributed by atoms with Crippen LogP contribution in [0.15, 0.2) is 133 Å². The Balaban J connectivity index is 0.00000280. The maximum absolute atomic E-state index is 12.9. The summed E-state index contributed by atoms with van der Waals surface area (Å²) in [6.45, 7) is 0. The molecular weight excluding hydrogens is 802 g/mol. The van der Waals surface area contributed by atoms with Gasteiger partial charge >= 0.3 is 94.7 Å². The van der Waals surface area contributed by atoms with Gasteiger partial charge in [0.15, 0.2) is 11.5 Å². The van der Waals surface area contributed by atoms with Crippen LogP contribution in [-0.2, 0) is 20.2 Å². The van der Waals surface area contributed by atoms with Gasteiger partial charge in [-0.25, -0.2) is 21.6 Å². The molecule has 6 aromatic rings. The fraction of sp³-hybridized carbons (Fsp3) is 0. The number of carboxylic acids is 1. The summed E-state index contributed by atoms with van der Waals surface area (Å²) in [7, 11) is -10.4. The number of nitrogens with zero attached hydrogens (tertiary/aromatic N) is 4. The molecule has 268 valence electrons. The van der Waals surface area contributed by atoms with Crippen LogP contribution in [0.3, 0.4) is 0 Å². The number of aromatic hydroxyl groups is 2. The summed E-state index contributed by atoms with van der Waals surface area (Å²) >= 11 is 0. The summed E-state index contributed by atoms with van der Waals surface area (Å²) in [5, 5.41) is 53.2. The molecule has 0 aliphatic heterocycles. The van der Waals surface area contributed by atoms with Crippen molar-refractivity contribution in [1.29, 1.82) is 0 Å². The number of carboxylic acid groups (broad SMARTS) is 1. The van der Waals surface area contributed by atoms with Gasteiger partial charge in [0.25, 0.3) is 0 Å². The molecular formula is C34H21N6Na3O11S2. The van der Waals surface area contributed by atoms with E-state index in [1.54, 1.807) is 30.3 Å². The number of carbonyl (C=O) groups excluding carboxylic acids is 2. The molecule has 6 aromatic carbocycles. The average Bonchev–Trinajstić information content (AvgIpc) is 3.10. The predicted molar refractivity (Wildman–Crippen MR) is 185 cm³/mol. The first-order chi connectivity index (χ1) is 25.1. The van der Waals surface area contributed by atoms with Crippen LogP contribution >= 0.6 is 0 Å². The van der Waals surface area contributed by atoms with Crippen LogP contribution in [0.1, 0.15) is 10.4 Å². The molecule has 0 saturated heterocycles. The average molecular weight is 823 g/mol. The molecule has 0 heterocycles. The Bertz CT molecular complexity index is 2760. The fourth-order valence-corrected chi connectivity index (χ4v) is 6.39. The van der Waals surface area contributed by atoms with Gasteiger partial charge in [-0.3, -0.25) is 0 Å². The van der Waals surface area contributed by atoms with Gasteiger partial charge < -0.3 is 39.9 Å². The smallest absolute Gasteiger partial charge is 0.744 e. The Morgan fingerprint density at radius 3 is 1.36 bits per heavy atom. The van der Waals surface area contributed by atoms with Crippen LogP contribution in [0.4, 0.5) is 38.9 Å². The van der Waals surface area contributed by atoms with Crippen molar-refractivity contribution in [3.8, 4) is 11.5 Å². The minimum Gasteiger partial charge on any atom is -0.744 e. The summed E-state index contributed by atoms with van der Waals surface area (Å²) < 4.78 is 72.8. The summed E-state index contributed by atoms with van der Waals surface area (Å²) in [6, 6.07) is 22.0. The first-order valence-corrected chi connectivity index (χ1v) is 17.7. The molecule has 0 fully saturated rings. The molecule has 0 saturated carbocycles. The molecule has 0 aromatic heterocycles. The van der Waals surface area contributed by atoms with Crippen molar-refractivity contribution in [2.75, 3.05) is 10.6 Å². The standard InChI is InChI=1S/C34H24N6O11S2.3Na/c41-31-25-12-10-23(14-19(25)16-27(52(46,47)48)29(31)39-37-21-4-2-1-3-5-21)35-34(45)36-24-11-13-26-20(15-24)17-28(53(49,50)51)30(32(26)42)40-38-22-8-6-18(7-9-22)33(43)44;;;/h1-17,41-42H,(H,43,44)(H2,35,36,45)(H,46,47,48)(H,49,50,51);;;/q;3*+1/p-3. The SMILES string of the molecule is O=C(Nc1ccc2c(O)c(N=Nc3ccccc3)c(S(=O)(=O)[O-])cc2c1)Nc1ccc2c(O)c(N=Nc3ccc(C(=O)[O-])cc3)c(S(=O)(=O)[O-])cc2c1.[Na+].[Na+].[Na+]. The Kier molecular flexibility index (Phi) is 15.9. The number of carbonyl (C=O) groups is 2. The second-order valence-corrected chi connectivity index (χ2v) is 13.8. The minimum absolute atomic E-state index is 0. The maximum atomic E-state index is 12.9. The first-order valence-electron chi connectivity index (χ1n) is 14.9. The van der Waals surface area contributed by atoms with Crippen molar-refractivity contribution in [1.82, 2.24) is 0 Å². The van der Waals surface area contributed by atoms with Gasteiger partial charge in [0.1, 0.15) is 31.6 Å². The van der Waals surface area contributed by atoms with E-state index in [0.717, 1.165) is 12.1 Å². The van der Waals surface area contributed by atoms with Crippen molar-refractivity contribution in [3.05, 3.63) is 109 Å². The van der Waals surface area contributed by atoms with Crippen LogP contribution in [-0.4, -0.2) is 48.2 Å². The van der Waals surface area contributed by atoms with E-state index in [1.807, 2.05) is 0 Å². The van der Waals surface area contributed by atoms with Crippen LogP contribution in [0, 0.1) is 0 Å². The molecule has 0 spiro atoms. The van der Waals surface area contributed by atoms with Gasteiger partial charge in [-0.15, -0.1) is 10.2 Å². The Labute approximate surface area is 384 Å². The van der Waals surface area contributed by atoms with E-state index >= 15 is 0 Å². The number of fused-ring (bicyclic) bond motifs is 2. The summed E-state index contributed by atoms with van der Waals surface area (Å²) in [5.74, 6) is -2.79. The van der Waals surface area contributed by atoms with Gasteiger partial charge in [0, 0.05) is 22.1 Å². The fourth-order valence-electron chi connectivity index (χ4n) is 5.10. The number of urea groups is 1. The quantitative estimate of drug-likeness (QED) is 0.0650. The molecule has 0 unspecified atom stereocenters. The molecule has 4 N–H and O–H groups in total. The zero-order valence-corrected chi connectivity index (χ0v) is 37.1. The molecule has 17 nitrogen and oxygen atoms in total. The third kappa shape index (κ3) is 10.8. The van der Waals surface area contributed by atoms with Crippen molar-refractivity contribution in [2.45, 2.75) is 9.79 Å². The number of azo groups is 2. The molecule has 2 amide bonds. The Morgan fingerprint density at radius 2 is 0.964 bits per heavy atom.